The van der Waals surface area contributed by atoms with Crippen LogP contribution < -0.4 is 10.5 Å². The van der Waals surface area contributed by atoms with E-state index >= 15 is 0 Å². The Morgan fingerprint density at radius 1 is 1.33 bits per heavy atom. The number of benzene rings is 2. The van der Waals surface area contributed by atoms with Crippen LogP contribution in [0.5, 0.6) is 11.5 Å². The third-order valence-corrected chi connectivity index (χ3v) is 3.08. The van der Waals surface area contributed by atoms with Crippen molar-refractivity contribution in [1.82, 2.24) is 0 Å². The van der Waals surface area contributed by atoms with Gasteiger partial charge in [0.15, 0.2) is 5.84 Å². The first kappa shape index (κ1) is 14.8. The van der Waals surface area contributed by atoms with Crippen LogP contribution >= 0.6 is 15.9 Å². The predicted molar refractivity (Wildman–Crippen MR) is 79.8 cm³/mol. The van der Waals surface area contributed by atoms with Crippen molar-refractivity contribution in [3.8, 4) is 11.5 Å². The summed E-state index contributed by atoms with van der Waals surface area (Å²) < 4.78 is 6.29. The molecule has 0 radical (unpaired) electrons. The fourth-order valence-electron chi connectivity index (χ4n) is 1.62. The molecule has 0 aromatic heterocycles. The van der Waals surface area contributed by atoms with E-state index in [4.69, 9.17) is 15.7 Å². The molecule has 108 valence electrons. The number of nitrogens with two attached hydrogens (primary N) is 1. The highest BCUT2D eigenvalue weighted by Crippen LogP contribution is 2.33. The second kappa shape index (κ2) is 6.23. The second-order valence-electron chi connectivity index (χ2n) is 3.98. The molecular formula is C13H10BrN3O4. The molecule has 3 N–H and O–H groups in total. The first-order valence-corrected chi connectivity index (χ1v) is 6.50. The van der Waals surface area contributed by atoms with Gasteiger partial charge in [-0.05, 0) is 30.3 Å². The minimum absolute atomic E-state index is 0.0626. The average molecular weight is 352 g/mol. The van der Waals surface area contributed by atoms with Crippen molar-refractivity contribution in [2.45, 2.75) is 0 Å². The molecule has 0 heterocycles. The Hall–Kier alpha value is -2.61. The molecule has 0 atom stereocenters. The number of nitro benzene ring substituents is 1. The van der Waals surface area contributed by atoms with Gasteiger partial charge in [0.1, 0.15) is 5.75 Å². The van der Waals surface area contributed by atoms with Gasteiger partial charge in [-0.3, -0.25) is 10.1 Å². The van der Waals surface area contributed by atoms with E-state index in [9.17, 15) is 10.1 Å². The standard InChI is InChI=1S/C13H10BrN3O4/c14-9-2-1-3-10(7-9)21-12-5-4-8(13(15)16-18)6-11(12)17(19)20/h1-7,18H,(H2,15,16). The van der Waals surface area contributed by atoms with Gasteiger partial charge in [-0.25, -0.2) is 0 Å². The number of amidine groups is 1. The summed E-state index contributed by atoms with van der Waals surface area (Å²) in [6, 6.07) is 11.0. The quantitative estimate of drug-likeness (QED) is 0.288. The number of nitro groups is 1. The molecule has 0 bridgehead atoms. The highest BCUT2D eigenvalue weighted by Gasteiger charge is 2.18. The van der Waals surface area contributed by atoms with Crippen molar-refractivity contribution in [1.29, 1.82) is 0 Å². The summed E-state index contributed by atoms with van der Waals surface area (Å²) in [5, 5.41) is 22.5. The molecule has 2 rings (SSSR count). The fourth-order valence-corrected chi connectivity index (χ4v) is 2.00. The Morgan fingerprint density at radius 2 is 2.10 bits per heavy atom. The van der Waals surface area contributed by atoms with Gasteiger partial charge >= 0.3 is 5.69 Å². The normalized spacial score (nSPS) is 11.2. The summed E-state index contributed by atoms with van der Waals surface area (Å²) in [5.74, 6) is 0.295. The van der Waals surface area contributed by atoms with Gasteiger partial charge in [0.05, 0.1) is 4.92 Å². The Bertz CT molecular complexity index is 718. The van der Waals surface area contributed by atoms with E-state index in [-0.39, 0.29) is 22.8 Å². The smallest absolute Gasteiger partial charge is 0.312 e. The van der Waals surface area contributed by atoms with Crippen LogP contribution in [0.3, 0.4) is 0 Å². The van der Waals surface area contributed by atoms with Crippen LogP contribution in [0.15, 0.2) is 52.1 Å². The first-order valence-electron chi connectivity index (χ1n) is 5.71. The summed E-state index contributed by atoms with van der Waals surface area (Å²) >= 11 is 3.29. The van der Waals surface area contributed by atoms with E-state index < -0.39 is 4.92 Å². The second-order valence-corrected chi connectivity index (χ2v) is 4.90. The molecule has 7 nitrogen and oxygen atoms in total. The maximum Gasteiger partial charge on any atom is 0.312 e. The van der Waals surface area contributed by atoms with E-state index in [1.807, 2.05) is 6.07 Å². The number of halogens is 1. The zero-order valence-corrected chi connectivity index (χ0v) is 12.1. The molecule has 0 aliphatic rings. The number of rotatable bonds is 4. The Kier molecular flexibility index (Phi) is 4.39. The van der Waals surface area contributed by atoms with Crippen LogP contribution in [0.4, 0.5) is 5.69 Å². The predicted octanol–water partition coefficient (Wildman–Crippen LogP) is 3.24. The van der Waals surface area contributed by atoms with E-state index in [0.29, 0.717) is 5.75 Å². The van der Waals surface area contributed by atoms with Crippen LogP contribution in [0, 0.1) is 10.1 Å². The number of oxime groups is 1. The van der Waals surface area contributed by atoms with Crippen LogP contribution in [0.2, 0.25) is 0 Å². The minimum atomic E-state index is -0.596. The maximum atomic E-state index is 11.1. The van der Waals surface area contributed by atoms with Crippen molar-refractivity contribution < 1.29 is 14.9 Å². The van der Waals surface area contributed by atoms with Gasteiger partial charge in [0.2, 0.25) is 5.75 Å². The molecular weight excluding hydrogens is 342 g/mol. The third kappa shape index (κ3) is 3.48. The molecule has 21 heavy (non-hydrogen) atoms. The van der Waals surface area contributed by atoms with E-state index in [2.05, 4.69) is 21.1 Å². The highest BCUT2D eigenvalue weighted by atomic mass is 79.9. The first-order chi connectivity index (χ1) is 10.0. The molecule has 0 aliphatic carbocycles. The van der Waals surface area contributed by atoms with Crippen LogP contribution in [0.25, 0.3) is 0 Å². The van der Waals surface area contributed by atoms with Crippen molar-refractivity contribution in [2.24, 2.45) is 10.9 Å². The molecule has 0 saturated heterocycles. The lowest BCUT2D eigenvalue weighted by Gasteiger charge is -2.08. The van der Waals surface area contributed by atoms with Gasteiger partial charge in [-0.1, -0.05) is 27.2 Å². The molecule has 8 heteroatoms. The maximum absolute atomic E-state index is 11.1. The van der Waals surface area contributed by atoms with Crippen LogP contribution in [-0.4, -0.2) is 16.0 Å². The van der Waals surface area contributed by atoms with Gasteiger partial charge in [0, 0.05) is 16.1 Å². The van der Waals surface area contributed by atoms with Crippen molar-refractivity contribution in [3.05, 3.63) is 62.6 Å². The van der Waals surface area contributed by atoms with E-state index in [1.165, 1.54) is 18.2 Å². The Labute approximate surface area is 127 Å². The molecule has 0 saturated carbocycles. The van der Waals surface area contributed by atoms with Gasteiger partial charge < -0.3 is 15.7 Å². The van der Waals surface area contributed by atoms with Crippen LogP contribution in [0.1, 0.15) is 5.56 Å². The molecule has 2 aromatic carbocycles. The lowest BCUT2D eigenvalue weighted by molar-refractivity contribution is -0.385. The fraction of sp³-hybridized carbons (Fsp3) is 0. The Balaban J connectivity index is 2.41. The Morgan fingerprint density at radius 3 is 2.71 bits per heavy atom. The summed E-state index contributed by atoms with van der Waals surface area (Å²) in [6.07, 6.45) is 0. The lowest BCUT2D eigenvalue weighted by Crippen LogP contribution is -2.13. The van der Waals surface area contributed by atoms with Crippen LogP contribution in [-0.2, 0) is 0 Å². The number of hydrogen-bond donors (Lipinski definition) is 2. The van der Waals surface area contributed by atoms with Crippen molar-refractivity contribution in [2.75, 3.05) is 0 Å². The molecule has 0 spiro atoms. The monoisotopic (exact) mass is 351 g/mol. The largest absolute Gasteiger partial charge is 0.450 e. The highest BCUT2D eigenvalue weighted by molar-refractivity contribution is 9.10. The van der Waals surface area contributed by atoms with Crippen molar-refractivity contribution >= 4 is 27.5 Å². The van der Waals surface area contributed by atoms with Gasteiger partial charge in [0.25, 0.3) is 0 Å². The molecule has 0 amide bonds. The summed E-state index contributed by atoms with van der Waals surface area (Å²) in [5.41, 5.74) is 5.37. The van der Waals surface area contributed by atoms with E-state index in [1.54, 1.807) is 18.2 Å². The molecule has 0 aliphatic heterocycles. The number of nitrogens with zero attached hydrogens (tertiary/aromatic N) is 2. The van der Waals surface area contributed by atoms with Crippen molar-refractivity contribution in [3.63, 3.8) is 0 Å². The zero-order valence-electron chi connectivity index (χ0n) is 10.6. The molecule has 0 unspecified atom stereocenters. The number of hydrogen-bond acceptors (Lipinski definition) is 5. The lowest BCUT2D eigenvalue weighted by atomic mass is 10.1. The molecule has 2 aromatic rings. The number of ether oxygens (including phenoxy) is 1. The van der Waals surface area contributed by atoms with Gasteiger partial charge in [-0.15, -0.1) is 0 Å². The SMILES string of the molecule is NC(=NO)c1ccc(Oc2cccc(Br)c2)c([N+](=O)[O-])c1. The molecule has 0 fully saturated rings. The summed E-state index contributed by atoms with van der Waals surface area (Å²) in [7, 11) is 0. The summed E-state index contributed by atoms with van der Waals surface area (Å²) in [6.45, 7) is 0. The summed E-state index contributed by atoms with van der Waals surface area (Å²) in [4.78, 5) is 10.5. The average Bonchev–Trinajstić information content (AvgIpc) is 2.46. The van der Waals surface area contributed by atoms with Gasteiger partial charge in [-0.2, -0.15) is 0 Å². The zero-order chi connectivity index (χ0) is 15.4. The minimum Gasteiger partial charge on any atom is -0.450 e. The third-order valence-electron chi connectivity index (χ3n) is 2.58. The topological polar surface area (TPSA) is 111 Å². The van der Waals surface area contributed by atoms with E-state index in [0.717, 1.165) is 4.47 Å².